The van der Waals surface area contributed by atoms with Crippen LogP contribution in [0.15, 0.2) is 11.6 Å². The molecule has 0 aliphatic heterocycles. The maximum atomic E-state index is 11.7. The normalized spacial score (nSPS) is 26.5. The third-order valence-corrected chi connectivity index (χ3v) is 3.03. The van der Waals surface area contributed by atoms with E-state index in [0.29, 0.717) is 0 Å². The number of rotatable bonds is 5. The monoisotopic (exact) mass is 292 g/mol. The summed E-state index contributed by atoms with van der Waals surface area (Å²) in [7, 11) is 2.46. The first-order valence-electron chi connectivity index (χ1n) is 5.78. The molecule has 1 aliphatic carbocycles. The van der Waals surface area contributed by atoms with Crippen molar-refractivity contribution in [2.24, 2.45) is 5.92 Å². The van der Waals surface area contributed by atoms with Crippen LogP contribution in [0.2, 0.25) is 0 Å². The topological polar surface area (TPSA) is 82.1 Å². The molecule has 0 unspecified atom stereocenters. The lowest BCUT2D eigenvalue weighted by atomic mass is 9.85. The molecule has 0 saturated carbocycles. The van der Waals surface area contributed by atoms with Crippen molar-refractivity contribution in [1.82, 2.24) is 0 Å². The van der Waals surface area contributed by atoms with Crippen molar-refractivity contribution in [2.45, 2.75) is 18.6 Å². The number of aliphatic hydroxyl groups is 1. The van der Waals surface area contributed by atoms with Crippen LogP contribution in [-0.2, 0) is 23.8 Å². The molecular formula is C12H17ClO6. The van der Waals surface area contributed by atoms with Crippen LogP contribution in [0, 0.1) is 5.92 Å². The van der Waals surface area contributed by atoms with Gasteiger partial charge in [0.05, 0.1) is 38.6 Å². The van der Waals surface area contributed by atoms with Crippen molar-refractivity contribution < 1.29 is 28.9 Å². The maximum absolute atomic E-state index is 11.7. The van der Waals surface area contributed by atoms with E-state index in [2.05, 4.69) is 9.47 Å². The molecule has 0 aromatic carbocycles. The average molecular weight is 293 g/mol. The van der Waals surface area contributed by atoms with Crippen molar-refractivity contribution in [1.29, 1.82) is 0 Å². The molecule has 3 atom stereocenters. The molecule has 1 aliphatic rings. The molecule has 0 spiro atoms. The third-order valence-electron chi connectivity index (χ3n) is 2.88. The van der Waals surface area contributed by atoms with Crippen LogP contribution >= 0.6 is 11.6 Å². The number of hydrogen-bond acceptors (Lipinski definition) is 6. The largest absolute Gasteiger partial charge is 0.468 e. The molecule has 0 bridgehead atoms. The van der Waals surface area contributed by atoms with E-state index in [1.165, 1.54) is 20.3 Å². The average Bonchev–Trinajstić information content (AvgIpc) is 2.43. The summed E-state index contributed by atoms with van der Waals surface area (Å²) in [6.45, 7) is 0.244. The van der Waals surface area contributed by atoms with Crippen LogP contribution in [0.4, 0.5) is 0 Å². The third kappa shape index (κ3) is 3.92. The SMILES string of the molecule is COC(=O)C1=C[C@H](C(=O)OC)[C@@H](OCCCl)C[C@@H]1O. The quantitative estimate of drug-likeness (QED) is 0.578. The molecule has 1 N–H and O–H groups in total. The molecule has 0 saturated heterocycles. The Balaban J connectivity index is 2.96. The van der Waals surface area contributed by atoms with Gasteiger partial charge in [0, 0.05) is 12.3 Å². The number of hydrogen-bond donors (Lipinski definition) is 1. The molecule has 0 aromatic rings. The number of aliphatic hydroxyl groups excluding tert-OH is 1. The number of halogens is 1. The second-order valence-electron chi connectivity index (χ2n) is 4.01. The Hall–Kier alpha value is -1.11. The zero-order valence-corrected chi connectivity index (χ0v) is 11.6. The zero-order chi connectivity index (χ0) is 14.4. The zero-order valence-electron chi connectivity index (χ0n) is 10.8. The Morgan fingerprint density at radius 1 is 1.42 bits per heavy atom. The highest BCUT2D eigenvalue weighted by atomic mass is 35.5. The van der Waals surface area contributed by atoms with Gasteiger partial charge < -0.3 is 19.3 Å². The lowest BCUT2D eigenvalue weighted by Gasteiger charge is -2.30. The molecule has 19 heavy (non-hydrogen) atoms. The lowest BCUT2D eigenvalue weighted by molar-refractivity contribution is -0.150. The van der Waals surface area contributed by atoms with E-state index in [4.69, 9.17) is 16.3 Å². The summed E-state index contributed by atoms with van der Waals surface area (Å²) in [5.41, 5.74) is 0.0450. The molecule has 0 fully saturated rings. The van der Waals surface area contributed by atoms with Crippen LogP contribution in [-0.4, -0.2) is 56.0 Å². The van der Waals surface area contributed by atoms with E-state index < -0.39 is 30.1 Å². The number of carbonyl (C=O) groups excluding carboxylic acids is 2. The summed E-state index contributed by atoms with van der Waals surface area (Å²) in [6, 6.07) is 0. The van der Waals surface area contributed by atoms with Gasteiger partial charge in [-0.05, 0) is 0 Å². The Morgan fingerprint density at radius 2 is 2.11 bits per heavy atom. The fourth-order valence-electron chi connectivity index (χ4n) is 1.95. The van der Waals surface area contributed by atoms with Gasteiger partial charge in [0.2, 0.25) is 0 Å². The van der Waals surface area contributed by atoms with Crippen molar-refractivity contribution in [3.63, 3.8) is 0 Å². The van der Waals surface area contributed by atoms with E-state index in [1.807, 2.05) is 0 Å². The Kier molecular flexibility index (Phi) is 6.27. The molecule has 0 aromatic heterocycles. The van der Waals surface area contributed by atoms with Crippen LogP contribution in [0.1, 0.15) is 6.42 Å². The van der Waals surface area contributed by atoms with Gasteiger partial charge in [0.15, 0.2) is 0 Å². The number of carbonyl (C=O) groups is 2. The number of esters is 2. The van der Waals surface area contributed by atoms with Gasteiger partial charge in [0.1, 0.15) is 5.92 Å². The van der Waals surface area contributed by atoms with E-state index in [9.17, 15) is 14.7 Å². The van der Waals surface area contributed by atoms with Gasteiger partial charge in [-0.25, -0.2) is 4.79 Å². The molecular weight excluding hydrogens is 276 g/mol. The minimum Gasteiger partial charge on any atom is -0.468 e. The molecule has 1 rings (SSSR count). The van der Waals surface area contributed by atoms with E-state index in [1.54, 1.807) is 0 Å². The second kappa shape index (κ2) is 7.47. The van der Waals surface area contributed by atoms with Gasteiger partial charge in [-0.3, -0.25) is 4.79 Å². The highest BCUT2D eigenvalue weighted by molar-refractivity contribution is 6.17. The predicted octanol–water partition coefficient (Wildman–Crippen LogP) is 0.264. The van der Waals surface area contributed by atoms with Crippen molar-refractivity contribution in [2.75, 3.05) is 26.7 Å². The number of alkyl halides is 1. The van der Waals surface area contributed by atoms with E-state index >= 15 is 0 Å². The molecule has 6 nitrogen and oxygen atoms in total. The van der Waals surface area contributed by atoms with Crippen LogP contribution in [0.5, 0.6) is 0 Å². The number of ether oxygens (including phenoxy) is 3. The smallest absolute Gasteiger partial charge is 0.336 e. The standard InChI is InChI=1S/C12H17ClO6/c1-17-11(15)7-5-8(12(16)18-2)10(6-9(7)14)19-4-3-13/h5,8-10,14H,3-4,6H2,1-2H3/t8-,9-,10-/m0/s1. The van der Waals surface area contributed by atoms with Gasteiger partial charge in [-0.15, -0.1) is 11.6 Å². The minimum absolute atomic E-state index is 0.0450. The Labute approximate surface area is 116 Å². The van der Waals surface area contributed by atoms with Crippen molar-refractivity contribution in [3.05, 3.63) is 11.6 Å². The highest BCUT2D eigenvalue weighted by Crippen LogP contribution is 2.28. The predicted molar refractivity (Wildman–Crippen MR) is 66.7 cm³/mol. The van der Waals surface area contributed by atoms with Gasteiger partial charge in [0.25, 0.3) is 0 Å². The highest BCUT2D eigenvalue weighted by Gasteiger charge is 2.38. The van der Waals surface area contributed by atoms with Gasteiger partial charge in [-0.2, -0.15) is 0 Å². The molecule has 0 heterocycles. The summed E-state index contributed by atoms with van der Waals surface area (Å²) in [6.07, 6.45) is -0.161. The lowest BCUT2D eigenvalue weighted by Crippen LogP contribution is -2.40. The van der Waals surface area contributed by atoms with Crippen LogP contribution in [0.3, 0.4) is 0 Å². The second-order valence-corrected chi connectivity index (χ2v) is 4.39. The van der Waals surface area contributed by atoms with E-state index in [-0.39, 0.29) is 24.5 Å². The molecule has 7 heteroatoms. The maximum Gasteiger partial charge on any atom is 0.336 e. The molecule has 108 valence electrons. The first-order valence-corrected chi connectivity index (χ1v) is 6.32. The van der Waals surface area contributed by atoms with E-state index in [0.717, 1.165) is 0 Å². The summed E-state index contributed by atoms with van der Waals surface area (Å²) in [5, 5.41) is 9.88. The van der Waals surface area contributed by atoms with Crippen molar-refractivity contribution >= 4 is 23.5 Å². The first kappa shape index (κ1) is 15.9. The minimum atomic E-state index is -1.03. The Morgan fingerprint density at radius 3 is 2.63 bits per heavy atom. The van der Waals surface area contributed by atoms with Crippen LogP contribution < -0.4 is 0 Å². The van der Waals surface area contributed by atoms with Crippen LogP contribution in [0.25, 0.3) is 0 Å². The number of methoxy groups -OCH3 is 2. The molecule has 0 radical (unpaired) electrons. The summed E-state index contributed by atoms with van der Waals surface area (Å²) >= 11 is 5.53. The summed E-state index contributed by atoms with van der Waals surface area (Å²) in [4.78, 5) is 23.2. The summed E-state index contributed by atoms with van der Waals surface area (Å²) in [5.74, 6) is -1.69. The van der Waals surface area contributed by atoms with Crippen molar-refractivity contribution in [3.8, 4) is 0 Å². The summed E-state index contributed by atoms with van der Waals surface area (Å²) < 4.78 is 14.6. The molecule has 0 amide bonds. The first-order chi connectivity index (χ1) is 9.04. The van der Waals surface area contributed by atoms with Gasteiger partial charge in [-0.1, -0.05) is 6.08 Å². The fraction of sp³-hybridized carbons (Fsp3) is 0.667. The Bertz CT molecular complexity index is 367. The van der Waals surface area contributed by atoms with Gasteiger partial charge >= 0.3 is 11.9 Å². The fourth-order valence-corrected chi connectivity index (χ4v) is 2.04.